The molecule has 2 N–H and O–H groups in total. The Labute approximate surface area is 105 Å². The van der Waals surface area contributed by atoms with Crippen LogP contribution in [0.15, 0.2) is 0 Å². The third kappa shape index (κ3) is 2.57. The molecule has 2 saturated heterocycles. The average molecular weight is 258 g/mol. The largest absolute Gasteiger partial charge is 0.479 e. The Bertz CT molecular complexity index is 329. The molecule has 0 radical (unpaired) electrons. The van der Waals surface area contributed by atoms with E-state index in [1.165, 1.54) is 0 Å². The van der Waals surface area contributed by atoms with E-state index in [-0.39, 0.29) is 11.8 Å². The van der Waals surface area contributed by atoms with Gasteiger partial charge in [0, 0.05) is 12.3 Å². The second-order valence-electron chi connectivity index (χ2n) is 4.93. The summed E-state index contributed by atoms with van der Waals surface area (Å²) in [7, 11) is 1.98. The lowest BCUT2D eigenvalue weighted by Crippen LogP contribution is -2.56. The van der Waals surface area contributed by atoms with Gasteiger partial charge in [0.15, 0.2) is 0 Å². The van der Waals surface area contributed by atoms with Crippen LogP contribution in [0.5, 0.6) is 0 Å². The summed E-state index contributed by atoms with van der Waals surface area (Å²) < 4.78 is 0. The highest BCUT2D eigenvalue weighted by Gasteiger charge is 2.44. The summed E-state index contributed by atoms with van der Waals surface area (Å²) in [5, 5.41) is 12.0. The molecule has 5 nitrogen and oxygen atoms in total. The van der Waals surface area contributed by atoms with Crippen molar-refractivity contribution in [2.75, 3.05) is 31.6 Å². The van der Waals surface area contributed by atoms with E-state index in [0.717, 1.165) is 25.3 Å². The smallest absolute Gasteiger partial charge is 0.330 e. The third-order valence-corrected chi connectivity index (χ3v) is 4.75. The van der Waals surface area contributed by atoms with E-state index < -0.39 is 11.5 Å². The zero-order valence-corrected chi connectivity index (χ0v) is 10.8. The van der Waals surface area contributed by atoms with Crippen LogP contribution in [0.4, 0.5) is 0 Å². The van der Waals surface area contributed by atoms with Crippen molar-refractivity contribution in [2.45, 2.75) is 18.4 Å². The van der Waals surface area contributed by atoms with Gasteiger partial charge in [-0.3, -0.25) is 4.79 Å². The van der Waals surface area contributed by atoms with Crippen molar-refractivity contribution in [2.24, 2.45) is 5.92 Å². The number of carboxylic acids is 1. The van der Waals surface area contributed by atoms with Gasteiger partial charge in [-0.1, -0.05) is 0 Å². The second-order valence-corrected chi connectivity index (χ2v) is 6.03. The van der Waals surface area contributed by atoms with Gasteiger partial charge in [-0.05, 0) is 32.2 Å². The van der Waals surface area contributed by atoms with Crippen LogP contribution in [0.3, 0.4) is 0 Å². The Hall–Kier alpha value is -0.750. The first kappa shape index (κ1) is 12.7. The van der Waals surface area contributed by atoms with E-state index in [1.54, 1.807) is 11.8 Å². The topological polar surface area (TPSA) is 69.6 Å². The van der Waals surface area contributed by atoms with Crippen LogP contribution in [-0.2, 0) is 9.59 Å². The minimum absolute atomic E-state index is 0.0539. The molecule has 6 heteroatoms. The SMILES string of the molecule is CN1CCC(C(=O)NC2(C(=O)O)CCSC2)C1. The minimum Gasteiger partial charge on any atom is -0.479 e. The Morgan fingerprint density at radius 1 is 1.53 bits per heavy atom. The maximum atomic E-state index is 12.0. The van der Waals surface area contributed by atoms with Crippen LogP contribution in [0, 0.1) is 5.92 Å². The second kappa shape index (κ2) is 4.86. The number of thioether (sulfide) groups is 1. The molecule has 2 aliphatic rings. The van der Waals surface area contributed by atoms with Crippen molar-refractivity contribution in [3.05, 3.63) is 0 Å². The van der Waals surface area contributed by atoms with E-state index in [2.05, 4.69) is 10.2 Å². The summed E-state index contributed by atoms with van der Waals surface area (Å²) in [5.74, 6) is 0.233. The average Bonchev–Trinajstić information content (AvgIpc) is 2.87. The molecule has 2 unspecified atom stereocenters. The van der Waals surface area contributed by atoms with Gasteiger partial charge >= 0.3 is 5.97 Å². The molecular formula is C11H18N2O3S. The molecule has 0 bridgehead atoms. The van der Waals surface area contributed by atoms with Gasteiger partial charge in [0.1, 0.15) is 5.54 Å². The fourth-order valence-electron chi connectivity index (χ4n) is 2.37. The highest BCUT2D eigenvalue weighted by molar-refractivity contribution is 7.99. The highest BCUT2D eigenvalue weighted by atomic mass is 32.2. The number of nitrogens with zero attached hydrogens (tertiary/aromatic N) is 1. The molecule has 0 aromatic carbocycles. The highest BCUT2D eigenvalue weighted by Crippen LogP contribution is 2.29. The van der Waals surface area contributed by atoms with Crippen LogP contribution < -0.4 is 5.32 Å². The molecule has 1 amide bonds. The number of hydrogen-bond acceptors (Lipinski definition) is 4. The summed E-state index contributed by atoms with van der Waals surface area (Å²) in [6, 6.07) is 0. The molecule has 2 atom stereocenters. The van der Waals surface area contributed by atoms with Gasteiger partial charge in [0.2, 0.25) is 5.91 Å². The standard InChI is InChI=1S/C11H18N2O3S/c1-13-4-2-8(6-13)9(14)12-11(10(15)16)3-5-17-7-11/h8H,2-7H2,1H3,(H,12,14)(H,15,16). The van der Waals surface area contributed by atoms with Crippen molar-refractivity contribution in [3.63, 3.8) is 0 Å². The van der Waals surface area contributed by atoms with Crippen LogP contribution in [0.2, 0.25) is 0 Å². The summed E-state index contributed by atoms with van der Waals surface area (Å²) in [5.41, 5.74) is -1.02. The normalized spacial score (nSPS) is 33.8. The van der Waals surface area contributed by atoms with Gasteiger partial charge in [-0.25, -0.2) is 4.79 Å². The minimum atomic E-state index is -1.02. The van der Waals surface area contributed by atoms with Crippen LogP contribution >= 0.6 is 11.8 Å². The Morgan fingerprint density at radius 2 is 2.29 bits per heavy atom. The van der Waals surface area contributed by atoms with Crippen LogP contribution in [0.1, 0.15) is 12.8 Å². The number of amides is 1. The van der Waals surface area contributed by atoms with Crippen LogP contribution in [-0.4, -0.2) is 59.1 Å². The van der Waals surface area contributed by atoms with E-state index in [0.29, 0.717) is 12.2 Å². The molecule has 2 rings (SSSR count). The number of rotatable bonds is 3. The van der Waals surface area contributed by atoms with Crippen molar-refractivity contribution in [3.8, 4) is 0 Å². The third-order valence-electron chi connectivity index (χ3n) is 3.56. The van der Waals surface area contributed by atoms with Gasteiger partial charge < -0.3 is 15.3 Å². The van der Waals surface area contributed by atoms with E-state index in [4.69, 9.17) is 0 Å². The molecule has 0 saturated carbocycles. The first-order valence-corrected chi connectivity index (χ1v) is 7.01. The lowest BCUT2D eigenvalue weighted by Gasteiger charge is -2.26. The number of nitrogens with one attached hydrogen (secondary N) is 1. The number of aliphatic carboxylic acids is 1. The maximum absolute atomic E-state index is 12.0. The summed E-state index contributed by atoms with van der Waals surface area (Å²) in [6.45, 7) is 1.64. The molecule has 0 aromatic heterocycles. The van der Waals surface area contributed by atoms with Crippen LogP contribution in [0.25, 0.3) is 0 Å². The lowest BCUT2D eigenvalue weighted by atomic mass is 9.97. The number of carbonyl (C=O) groups is 2. The number of carboxylic acid groups (broad SMARTS) is 1. The molecule has 0 aromatic rings. The summed E-state index contributed by atoms with van der Waals surface area (Å²) >= 11 is 1.59. The Morgan fingerprint density at radius 3 is 2.76 bits per heavy atom. The van der Waals surface area contributed by atoms with Crippen molar-refractivity contribution in [1.82, 2.24) is 10.2 Å². The molecule has 2 heterocycles. The first-order chi connectivity index (χ1) is 8.03. The predicted octanol–water partition coefficient (Wildman–Crippen LogP) is 0.0146. The summed E-state index contributed by atoms with van der Waals surface area (Å²) in [6.07, 6.45) is 1.35. The van der Waals surface area contributed by atoms with Gasteiger partial charge in [-0.15, -0.1) is 0 Å². The zero-order chi connectivity index (χ0) is 12.5. The lowest BCUT2D eigenvalue weighted by molar-refractivity contribution is -0.147. The first-order valence-electron chi connectivity index (χ1n) is 5.85. The number of hydrogen-bond donors (Lipinski definition) is 2. The van der Waals surface area contributed by atoms with Crippen molar-refractivity contribution < 1.29 is 14.7 Å². The molecule has 17 heavy (non-hydrogen) atoms. The molecule has 2 aliphatic heterocycles. The van der Waals surface area contributed by atoms with Crippen molar-refractivity contribution in [1.29, 1.82) is 0 Å². The molecular weight excluding hydrogens is 240 g/mol. The van der Waals surface area contributed by atoms with Gasteiger partial charge in [0.05, 0.1) is 5.92 Å². The monoisotopic (exact) mass is 258 g/mol. The molecule has 96 valence electrons. The summed E-state index contributed by atoms with van der Waals surface area (Å²) in [4.78, 5) is 25.4. The van der Waals surface area contributed by atoms with E-state index in [9.17, 15) is 14.7 Å². The Balaban J connectivity index is 1.99. The quantitative estimate of drug-likeness (QED) is 0.746. The van der Waals surface area contributed by atoms with Crippen molar-refractivity contribution >= 4 is 23.6 Å². The number of likely N-dealkylation sites (tertiary alicyclic amines) is 1. The van der Waals surface area contributed by atoms with Gasteiger partial charge in [0.25, 0.3) is 0 Å². The van der Waals surface area contributed by atoms with E-state index in [1.807, 2.05) is 7.05 Å². The molecule has 0 aliphatic carbocycles. The molecule has 2 fully saturated rings. The predicted molar refractivity (Wildman–Crippen MR) is 66.1 cm³/mol. The fourth-order valence-corrected chi connectivity index (χ4v) is 3.70. The molecule has 0 spiro atoms. The van der Waals surface area contributed by atoms with E-state index >= 15 is 0 Å². The number of carbonyl (C=O) groups excluding carboxylic acids is 1. The van der Waals surface area contributed by atoms with Gasteiger partial charge in [-0.2, -0.15) is 11.8 Å². The maximum Gasteiger partial charge on any atom is 0.330 e. The zero-order valence-electron chi connectivity index (χ0n) is 9.94. The fraction of sp³-hybridized carbons (Fsp3) is 0.818. The Kier molecular flexibility index (Phi) is 3.63.